The smallest absolute Gasteiger partial charge is 0.191 e. The summed E-state index contributed by atoms with van der Waals surface area (Å²) in [5.41, 5.74) is 0. The number of ether oxygens (including phenoxy) is 1. The van der Waals surface area contributed by atoms with Crippen molar-refractivity contribution in [3.05, 3.63) is 0 Å². The summed E-state index contributed by atoms with van der Waals surface area (Å²) in [5.74, 6) is 1.50. The number of nitrogens with zero attached hydrogens (tertiary/aromatic N) is 1. The molecule has 4 heteroatoms. The molecule has 1 aliphatic rings. The second-order valence-electron chi connectivity index (χ2n) is 5.76. The Kier molecular flexibility index (Phi) is 8.63. The normalized spacial score (nSPS) is 18.4. The summed E-state index contributed by atoms with van der Waals surface area (Å²) in [6, 6.07) is 0. The molecule has 4 nitrogen and oxygen atoms in total. The predicted molar refractivity (Wildman–Crippen MR) is 81.6 cm³/mol. The fourth-order valence-corrected chi connectivity index (χ4v) is 2.33. The summed E-state index contributed by atoms with van der Waals surface area (Å²) in [5, 5.41) is 6.59. The minimum absolute atomic E-state index is 0.481. The molecule has 19 heavy (non-hydrogen) atoms. The molecule has 112 valence electrons. The molecule has 0 unspecified atom stereocenters. The van der Waals surface area contributed by atoms with Gasteiger partial charge >= 0.3 is 0 Å². The van der Waals surface area contributed by atoms with E-state index >= 15 is 0 Å². The number of nitrogens with one attached hydrogen (secondary N) is 2. The third-order valence-electron chi connectivity index (χ3n) is 3.45. The third-order valence-corrected chi connectivity index (χ3v) is 3.45. The number of guanidine groups is 1. The summed E-state index contributed by atoms with van der Waals surface area (Å²) in [7, 11) is 1.81. The number of aliphatic imine (C=N–C) groups is 1. The van der Waals surface area contributed by atoms with Gasteiger partial charge in [0.2, 0.25) is 0 Å². The largest absolute Gasteiger partial charge is 0.376 e. The maximum atomic E-state index is 5.94. The van der Waals surface area contributed by atoms with Gasteiger partial charge in [0.15, 0.2) is 5.96 Å². The molecule has 1 saturated carbocycles. The van der Waals surface area contributed by atoms with Gasteiger partial charge in [0.25, 0.3) is 0 Å². The zero-order chi connectivity index (χ0) is 13.9. The molecule has 0 saturated heterocycles. The molecule has 1 rings (SSSR count). The molecule has 0 heterocycles. The lowest BCUT2D eigenvalue weighted by atomic mass is 10.1. The van der Waals surface area contributed by atoms with Crippen LogP contribution in [0.25, 0.3) is 0 Å². The Morgan fingerprint density at radius 3 is 2.42 bits per heavy atom. The Bertz CT molecular complexity index is 246. The molecule has 0 aliphatic heterocycles. The van der Waals surface area contributed by atoms with Crippen LogP contribution in [0, 0.1) is 5.92 Å². The SMILES string of the molecule is CN=C(NCCOC1CCCCCC1)NCC(C)C. The Balaban J connectivity index is 2.07. The van der Waals surface area contributed by atoms with Crippen molar-refractivity contribution in [2.45, 2.75) is 58.5 Å². The fourth-order valence-electron chi connectivity index (χ4n) is 2.33. The molecule has 0 radical (unpaired) electrons. The van der Waals surface area contributed by atoms with Crippen LogP contribution in [0.4, 0.5) is 0 Å². The molecule has 0 bridgehead atoms. The van der Waals surface area contributed by atoms with Crippen molar-refractivity contribution in [3.63, 3.8) is 0 Å². The van der Waals surface area contributed by atoms with Gasteiger partial charge in [0.1, 0.15) is 0 Å². The Morgan fingerprint density at radius 2 is 1.84 bits per heavy atom. The third kappa shape index (κ3) is 8.09. The van der Waals surface area contributed by atoms with E-state index in [0.29, 0.717) is 12.0 Å². The minimum Gasteiger partial charge on any atom is -0.376 e. The van der Waals surface area contributed by atoms with Crippen LogP contribution < -0.4 is 10.6 Å². The van der Waals surface area contributed by atoms with Crippen LogP contribution >= 0.6 is 0 Å². The highest BCUT2D eigenvalue weighted by atomic mass is 16.5. The second kappa shape index (κ2) is 10.1. The van der Waals surface area contributed by atoms with E-state index in [1.54, 1.807) is 0 Å². The standard InChI is InChI=1S/C15H31N3O/c1-13(2)12-18-15(16-3)17-10-11-19-14-8-6-4-5-7-9-14/h13-14H,4-12H2,1-3H3,(H2,16,17,18). The first-order valence-electron chi connectivity index (χ1n) is 7.78. The van der Waals surface area contributed by atoms with Gasteiger partial charge in [-0.25, -0.2) is 0 Å². The highest BCUT2D eigenvalue weighted by molar-refractivity contribution is 5.79. The van der Waals surface area contributed by atoms with Gasteiger partial charge < -0.3 is 15.4 Å². The maximum Gasteiger partial charge on any atom is 0.191 e. The first-order valence-corrected chi connectivity index (χ1v) is 7.78. The van der Waals surface area contributed by atoms with Crippen molar-refractivity contribution < 1.29 is 4.74 Å². The molecular weight excluding hydrogens is 238 g/mol. The van der Waals surface area contributed by atoms with Crippen molar-refractivity contribution in [1.29, 1.82) is 0 Å². The van der Waals surface area contributed by atoms with Gasteiger partial charge in [-0.1, -0.05) is 39.5 Å². The van der Waals surface area contributed by atoms with E-state index in [1.165, 1.54) is 38.5 Å². The summed E-state index contributed by atoms with van der Waals surface area (Å²) in [4.78, 5) is 4.20. The van der Waals surface area contributed by atoms with Crippen LogP contribution in [0.15, 0.2) is 4.99 Å². The van der Waals surface area contributed by atoms with Crippen LogP contribution in [0.2, 0.25) is 0 Å². The summed E-state index contributed by atoms with van der Waals surface area (Å²) in [6.07, 6.45) is 8.37. The highest BCUT2D eigenvalue weighted by Crippen LogP contribution is 2.19. The monoisotopic (exact) mass is 269 g/mol. The molecule has 1 aliphatic carbocycles. The molecule has 0 aromatic carbocycles. The number of rotatable bonds is 6. The molecule has 0 aromatic rings. The van der Waals surface area contributed by atoms with Crippen LogP contribution in [-0.4, -0.2) is 38.8 Å². The van der Waals surface area contributed by atoms with Gasteiger partial charge in [0, 0.05) is 20.1 Å². The summed E-state index contributed by atoms with van der Waals surface area (Å²) < 4.78 is 5.94. The van der Waals surface area contributed by atoms with Crippen molar-refractivity contribution in [2.24, 2.45) is 10.9 Å². The highest BCUT2D eigenvalue weighted by Gasteiger charge is 2.11. The molecular formula is C15H31N3O. The van der Waals surface area contributed by atoms with Gasteiger partial charge in [-0.2, -0.15) is 0 Å². The van der Waals surface area contributed by atoms with Gasteiger partial charge in [-0.15, -0.1) is 0 Å². The van der Waals surface area contributed by atoms with Gasteiger partial charge in [-0.05, 0) is 18.8 Å². The predicted octanol–water partition coefficient (Wildman–Crippen LogP) is 2.55. The van der Waals surface area contributed by atoms with E-state index < -0.39 is 0 Å². The fraction of sp³-hybridized carbons (Fsp3) is 0.933. The minimum atomic E-state index is 0.481. The van der Waals surface area contributed by atoms with Crippen LogP contribution in [0.3, 0.4) is 0 Å². The Hall–Kier alpha value is -0.770. The van der Waals surface area contributed by atoms with Crippen molar-refractivity contribution in [2.75, 3.05) is 26.7 Å². The number of hydrogen-bond donors (Lipinski definition) is 2. The molecule has 0 atom stereocenters. The molecule has 0 aromatic heterocycles. The Labute approximate surface area is 118 Å². The topological polar surface area (TPSA) is 45.7 Å². The zero-order valence-electron chi connectivity index (χ0n) is 12.9. The lowest BCUT2D eigenvalue weighted by molar-refractivity contribution is 0.0468. The maximum absolute atomic E-state index is 5.94. The molecule has 2 N–H and O–H groups in total. The van der Waals surface area contributed by atoms with Crippen molar-refractivity contribution >= 4 is 5.96 Å². The van der Waals surface area contributed by atoms with E-state index in [9.17, 15) is 0 Å². The number of hydrogen-bond acceptors (Lipinski definition) is 2. The molecule has 1 fully saturated rings. The zero-order valence-corrected chi connectivity index (χ0v) is 12.9. The van der Waals surface area contributed by atoms with Crippen LogP contribution in [0.1, 0.15) is 52.4 Å². The van der Waals surface area contributed by atoms with E-state index in [2.05, 4.69) is 29.5 Å². The molecule has 0 amide bonds. The lowest BCUT2D eigenvalue weighted by Crippen LogP contribution is -2.40. The van der Waals surface area contributed by atoms with Crippen molar-refractivity contribution in [3.8, 4) is 0 Å². The Morgan fingerprint density at radius 1 is 1.16 bits per heavy atom. The van der Waals surface area contributed by atoms with E-state index in [4.69, 9.17) is 4.74 Å². The van der Waals surface area contributed by atoms with Crippen molar-refractivity contribution in [1.82, 2.24) is 10.6 Å². The molecule has 0 spiro atoms. The first-order chi connectivity index (χ1) is 9.22. The van der Waals surface area contributed by atoms with Crippen LogP contribution in [-0.2, 0) is 4.74 Å². The van der Waals surface area contributed by atoms with E-state index in [0.717, 1.165) is 25.7 Å². The average Bonchev–Trinajstić information content (AvgIpc) is 2.66. The lowest BCUT2D eigenvalue weighted by Gasteiger charge is -2.17. The first kappa shape index (κ1) is 16.3. The summed E-state index contributed by atoms with van der Waals surface area (Å²) >= 11 is 0. The van der Waals surface area contributed by atoms with Gasteiger partial charge in [0.05, 0.1) is 12.7 Å². The summed E-state index contributed by atoms with van der Waals surface area (Å²) in [6.45, 7) is 6.93. The second-order valence-corrected chi connectivity index (χ2v) is 5.76. The van der Waals surface area contributed by atoms with Crippen LogP contribution in [0.5, 0.6) is 0 Å². The van der Waals surface area contributed by atoms with E-state index in [1.807, 2.05) is 7.05 Å². The quantitative estimate of drug-likeness (QED) is 0.337. The van der Waals surface area contributed by atoms with Gasteiger partial charge in [-0.3, -0.25) is 4.99 Å². The average molecular weight is 269 g/mol. The van der Waals surface area contributed by atoms with E-state index in [-0.39, 0.29) is 0 Å².